The number of hydrogen-bond donors (Lipinski definition) is 2. The predicted molar refractivity (Wildman–Crippen MR) is 71.0 cm³/mol. The Kier molecular flexibility index (Phi) is 2.94. The number of hydrogen-bond acceptors (Lipinski definition) is 3. The summed E-state index contributed by atoms with van der Waals surface area (Å²) in [6, 6.07) is 13.0. The lowest BCUT2D eigenvalue weighted by atomic mass is 10.1. The van der Waals surface area contributed by atoms with Gasteiger partial charge in [-0.25, -0.2) is 0 Å². The summed E-state index contributed by atoms with van der Waals surface area (Å²) < 4.78 is 5.43. The van der Waals surface area contributed by atoms with E-state index in [9.17, 15) is 0 Å². The summed E-state index contributed by atoms with van der Waals surface area (Å²) in [5, 5.41) is 3.59. The molecule has 0 amide bonds. The standard InChI is InChI=1S/C15H18N2O/c1-10(15-7-4-8-18-15)17-14-9-13(16)11-5-2-3-6-12(11)14/h2-8,10,13-14,17H,9,16H2,1H3. The Labute approximate surface area is 107 Å². The summed E-state index contributed by atoms with van der Waals surface area (Å²) >= 11 is 0. The van der Waals surface area contributed by atoms with Crippen LogP contribution in [0.25, 0.3) is 0 Å². The van der Waals surface area contributed by atoms with Crippen molar-refractivity contribution < 1.29 is 4.42 Å². The molecule has 0 saturated carbocycles. The van der Waals surface area contributed by atoms with Gasteiger partial charge in [-0.05, 0) is 36.6 Å². The summed E-state index contributed by atoms with van der Waals surface area (Å²) in [6.45, 7) is 2.12. The fourth-order valence-corrected chi connectivity index (χ4v) is 2.75. The molecule has 3 nitrogen and oxygen atoms in total. The van der Waals surface area contributed by atoms with Gasteiger partial charge in [0.2, 0.25) is 0 Å². The molecule has 0 radical (unpaired) electrons. The molecule has 2 aromatic rings. The van der Waals surface area contributed by atoms with Crippen LogP contribution in [0.2, 0.25) is 0 Å². The minimum absolute atomic E-state index is 0.141. The smallest absolute Gasteiger partial charge is 0.120 e. The zero-order valence-corrected chi connectivity index (χ0v) is 10.5. The van der Waals surface area contributed by atoms with Crippen molar-refractivity contribution in [3.05, 3.63) is 59.5 Å². The molecule has 1 aliphatic carbocycles. The molecule has 0 aliphatic heterocycles. The quantitative estimate of drug-likeness (QED) is 0.869. The van der Waals surface area contributed by atoms with E-state index in [1.165, 1.54) is 11.1 Å². The van der Waals surface area contributed by atoms with Crippen molar-refractivity contribution in [3.8, 4) is 0 Å². The Morgan fingerprint density at radius 2 is 2.00 bits per heavy atom. The van der Waals surface area contributed by atoms with Crippen LogP contribution < -0.4 is 11.1 Å². The van der Waals surface area contributed by atoms with Crippen LogP contribution in [-0.4, -0.2) is 0 Å². The SMILES string of the molecule is CC(NC1CC(N)c2ccccc21)c1ccco1. The van der Waals surface area contributed by atoms with Crippen LogP contribution in [0.4, 0.5) is 0 Å². The molecule has 1 aromatic heterocycles. The van der Waals surface area contributed by atoms with Crippen molar-refractivity contribution in [1.82, 2.24) is 5.32 Å². The highest BCUT2D eigenvalue weighted by Crippen LogP contribution is 2.38. The number of nitrogens with one attached hydrogen (secondary N) is 1. The van der Waals surface area contributed by atoms with E-state index >= 15 is 0 Å². The third-order valence-corrected chi connectivity index (χ3v) is 3.68. The number of furan rings is 1. The molecule has 1 aliphatic rings. The van der Waals surface area contributed by atoms with Gasteiger partial charge in [0.1, 0.15) is 5.76 Å². The summed E-state index contributed by atoms with van der Waals surface area (Å²) in [7, 11) is 0. The van der Waals surface area contributed by atoms with Gasteiger partial charge in [0.15, 0.2) is 0 Å². The van der Waals surface area contributed by atoms with E-state index < -0.39 is 0 Å². The fraction of sp³-hybridized carbons (Fsp3) is 0.333. The lowest BCUT2D eigenvalue weighted by Crippen LogP contribution is -2.23. The molecule has 3 unspecified atom stereocenters. The van der Waals surface area contributed by atoms with Gasteiger partial charge in [-0.1, -0.05) is 24.3 Å². The average molecular weight is 242 g/mol. The van der Waals surface area contributed by atoms with Crippen LogP contribution in [0, 0.1) is 0 Å². The van der Waals surface area contributed by atoms with Crippen LogP contribution in [0.3, 0.4) is 0 Å². The Balaban J connectivity index is 1.79. The van der Waals surface area contributed by atoms with E-state index in [4.69, 9.17) is 10.2 Å². The molecule has 0 saturated heterocycles. The van der Waals surface area contributed by atoms with Crippen LogP contribution in [-0.2, 0) is 0 Å². The Morgan fingerprint density at radius 3 is 2.72 bits per heavy atom. The topological polar surface area (TPSA) is 51.2 Å². The van der Waals surface area contributed by atoms with Crippen LogP contribution in [0.5, 0.6) is 0 Å². The van der Waals surface area contributed by atoms with Gasteiger partial charge >= 0.3 is 0 Å². The normalized spacial score (nSPS) is 23.9. The maximum absolute atomic E-state index is 6.17. The Morgan fingerprint density at radius 1 is 1.22 bits per heavy atom. The van der Waals surface area contributed by atoms with Crippen LogP contribution >= 0.6 is 0 Å². The summed E-state index contributed by atoms with van der Waals surface area (Å²) in [5.74, 6) is 0.966. The molecule has 1 heterocycles. The highest BCUT2D eigenvalue weighted by atomic mass is 16.3. The van der Waals surface area contributed by atoms with E-state index in [1.54, 1.807) is 6.26 Å². The molecule has 0 spiro atoms. The number of fused-ring (bicyclic) bond motifs is 1. The lowest BCUT2D eigenvalue weighted by Gasteiger charge is -2.18. The van der Waals surface area contributed by atoms with Gasteiger partial charge in [0.25, 0.3) is 0 Å². The Bertz CT molecular complexity index is 521. The van der Waals surface area contributed by atoms with Gasteiger partial charge in [-0.3, -0.25) is 0 Å². The van der Waals surface area contributed by atoms with Gasteiger partial charge in [-0.2, -0.15) is 0 Å². The second kappa shape index (κ2) is 4.59. The van der Waals surface area contributed by atoms with Gasteiger partial charge in [-0.15, -0.1) is 0 Å². The Hall–Kier alpha value is -1.58. The second-order valence-corrected chi connectivity index (χ2v) is 4.93. The number of benzene rings is 1. The first-order valence-electron chi connectivity index (χ1n) is 6.39. The molecule has 0 bridgehead atoms. The summed E-state index contributed by atoms with van der Waals surface area (Å²) in [4.78, 5) is 0. The minimum atomic E-state index is 0.141. The lowest BCUT2D eigenvalue weighted by molar-refractivity contribution is 0.383. The number of rotatable bonds is 3. The first-order valence-corrected chi connectivity index (χ1v) is 6.39. The average Bonchev–Trinajstić information content (AvgIpc) is 3.00. The zero-order valence-electron chi connectivity index (χ0n) is 10.5. The molecular formula is C15H18N2O. The van der Waals surface area contributed by atoms with Crippen molar-refractivity contribution >= 4 is 0 Å². The van der Waals surface area contributed by atoms with Gasteiger partial charge < -0.3 is 15.5 Å². The van der Waals surface area contributed by atoms with Crippen molar-refractivity contribution in [2.45, 2.75) is 31.5 Å². The molecule has 18 heavy (non-hydrogen) atoms. The van der Waals surface area contributed by atoms with Crippen molar-refractivity contribution in [1.29, 1.82) is 0 Å². The van der Waals surface area contributed by atoms with Crippen molar-refractivity contribution in [2.75, 3.05) is 0 Å². The highest BCUT2D eigenvalue weighted by Gasteiger charge is 2.29. The van der Waals surface area contributed by atoms with Crippen LogP contribution in [0.1, 0.15) is 48.4 Å². The summed E-state index contributed by atoms with van der Waals surface area (Å²) in [5.41, 5.74) is 8.76. The monoisotopic (exact) mass is 242 g/mol. The van der Waals surface area contributed by atoms with E-state index in [2.05, 4.69) is 36.5 Å². The molecule has 94 valence electrons. The molecule has 3 N–H and O–H groups in total. The molecule has 3 rings (SSSR count). The van der Waals surface area contributed by atoms with Crippen molar-refractivity contribution in [3.63, 3.8) is 0 Å². The third-order valence-electron chi connectivity index (χ3n) is 3.68. The minimum Gasteiger partial charge on any atom is -0.468 e. The molecule has 3 atom stereocenters. The highest BCUT2D eigenvalue weighted by molar-refractivity contribution is 5.37. The first-order chi connectivity index (χ1) is 8.75. The first kappa shape index (κ1) is 11.5. The van der Waals surface area contributed by atoms with Crippen LogP contribution in [0.15, 0.2) is 47.1 Å². The van der Waals surface area contributed by atoms with E-state index in [1.807, 2.05) is 12.1 Å². The maximum Gasteiger partial charge on any atom is 0.120 e. The van der Waals surface area contributed by atoms with Crippen molar-refractivity contribution in [2.24, 2.45) is 5.73 Å². The van der Waals surface area contributed by atoms with Gasteiger partial charge in [0.05, 0.1) is 12.3 Å². The largest absolute Gasteiger partial charge is 0.468 e. The van der Waals surface area contributed by atoms with E-state index in [-0.39, 0.29) is 12.1 Å². The third kappa shape index (κ3) is 1.96. The maximum atomic E-state index is 6.17. The van der Waals surface area contributed by atoms with E-state index in [0.717, 1.165) is 12.2 Å². The summed E-state index contributed by atoms with van der Waals surface area (Å²) in [6.07, 6.45) is 2.66. The zero-order chi connectivity index (χ0) is 12.5. The van der Waals surface area contributed by atoms with E-state index in [0.29, 0.717) is 6.04 Å². The molecule has 3 heteroatoms. The molecular weight excluding hydrogens is 224 g/mol. The second-order valence-electron chi connectivity index (χ2n) is 4.93. The molecule has 0 fully saturated rings. The van der Waals surface area contributed by atoms with Gasteiger partial charge in [0, 0.05) is 12.1 Å². The fourth-order valence-electron chi connectivity index (χ4n) is 2.75. The predicted octanol–water partition coefficient (Wildman–Crippen LogP) is 3.08. The molecule has 1 aromatic carbocycles. The number of nitrogens with two attached hydrogens (primary N) is 1.